The zero-order valence-corrected chi connectivity index (χ0v) is 7.33. The van der Waals surface area contributed by atoms with E-state index in [1.165, 1.54) is 0 Å². The van der Waals surface area contributed by atoms with Crippen LogP contribution >= 0.6 is 0 Å². The van der Waals surface area contributed by atoms with Crippen LogP contribution in [-0.2, 0) is 9.47 Å². The molecule has 0 spiro atoms. The molecule has 1 heterocycles. The molecule has 3 atom stereocenters. The molecule has 1 aliphatic heterocycles. The summed E-state index contributed by atoms with van der Waals surface area (Å²) in [5, 5.41) is 9.66. The molecule has 1 saturated heterocycles. The van der Waals surface area contributed by atoms with Crippen molar-refractivity contribution in [2.24, 2.45) is 5.41 Å². The summed E-state index contributed by atoms with van der Waals surface area (Å²) in [5.74, 6) is 0. The highest BCUT2D eigenvalue weighted by molar-refractivity contribution is 4.88. The van der Waals surface area contributed by atoms with E-state index in [0.717, 1.165) is 6.42 Å². The van der Waals surface area contributed by atoms with Crippen LogP contribution in [0.15, 0.2) is 0 Å². The number of aliphatic hydroxyl groups is 1. The molecular formula is C8H16O3. The third-order valence-electron chi connectivity index (χ3n) is 2.59. The van der Waals surface area contributed by atoms with Gasteiger partial charge in [0, 0.05) is 12.5 Å². The van der Waals surface area contributed by atoms with Crippen LogP contribution in [0.1, 0.15) is 20.3 Å². The summed E-state index contributed by atoms with van der Waals surface area (Å²) in [4.78, 5) is 0. The Morgan fingerprint density at radius 3 is 2.64 bits per heavy atom. The maximum Gasteiger partial charge on any atom is 0.183 e. The highest BCUT2D eigenvalue weighted by Gasteiger charge is 2.44. The lowest BCUT2D eigenvalue weighted by molar-refractivity contribution is -0.135. The largest absolute Gasteiger partial charge is 0.387 e. The highest BCUT2D eigenvalue weighted by atomic mass is 16.7. The van der Waals surface area contributed by atoms with Crippen LogP contribution in [0.2, 0.25) is 0 Å². The van der Waals surface area contributed by atoms with Crippen molar-refractivity contribution in [3.05, 3.63) is 0 Å². The molecule has 3 heteroatoms. The number of hydrogen-bond donors (Lipinski definition) is 1. The molecule has 0 saturated carbocycles. The minimum Gasteiger partial charge on any atom is -0.387 e. The molecule has 0 unspecified atom stereocenters. The average molecular weight is 160 g/mol. The Morgan fingerprint density at radius 2 is 2.36 bits per heavy atom. The Hall–Kier alpha value is -0.120. The van der Waals surface area contributed by atoms with E-state index in [0.29, 0.717) is 6.61 Å². The van der Waals surface area contributed by atoms with Gasteiger partial charge in [-0.2, -0.15) is 0 Å². The zero-order chi connectivity index (χ0) is 8.48. The van der Waals surface area contributed by atoms with Gasteiger partial charge < -0.3 is 14.6 Å². The summed E-state index contributed by atoms with van der Waals surface area (Å²) in [7, 11) is 1.55. The first-order valence-electron chi connectivity index (χ1n) is 3.96. The molecule has 3 nitrogen and oxygen atoms in total. The van der Waals surface area contributed by atoms with E-state index in [2.05, 4.69) is 0 Å². The second-order valence-corrected chi connectivity index (χ2v) is 3.37. The molecule has 0 aliphatic carbocycles. The zero-order valence-electron chi connectivity index (χ0n) is 7.33. The molecule has 0 aromatic rings. The second kappa shape index (κ2) is 3.09. The van der Waals surface area contributed by atoms with Crippen LogP contribution in [0.5, 0.6) is 0 Å². The van der Waals surface area contributed by atoms with Crippen molar-refractivity contribution < 1.29 is 14.6 Å². The van der Waals surface area contributed by atoms with Gasteiger partial charge in [0.2, 0.25) is 0 Å². The van der Waals surface area contributed by atoms with E-state index < -0.39 is 12.4 Å². The molecule has 0 bridgehead atoms. The lowest BCUT2D eigenvalue weighted by Gasteiger charge is -2.24. The summed E-state index contributed by atoms with van der Waals surface area (Å²) in [6.45, 7) is 4.64. The topological polar surface area (TPSA) is 38.7 Å². The van der Waals surface area contributed by atoms with Gasteiger partial charge in [-0.15, -0.1) is 0 Å². The van der Waals surface area contributed by atoms with E-state index >= 15 is 0 Å². The van der Waals surface area contributed by atoms with Crippen LogP contribution in [0.25, 0.3) is 0 Å². The van der Waals surface area contributed by atoms with Crippen LogP contribution in [0, 0.1) is 5.41 Å². The lowest BCUT2D eigenvalue weighted by Crippen LogP contribution is -2.35. The van der Waals surface area contributed by atoms with Crippen molar-refractivity contribution in [3.63, 3.8) is 0 Å². The van der Waals surface area contributed by atoms with Crippen LogP contribution in [0.4, 0.5) is 0 Å². The van der Waals surface area contributed by atoms with Gasteiger partial charge in [0.05, 0.1) is 6.61 Å². The van der Waals surface area contributed by atoms with Crippen molar-refractivity contribution >= 4 is 0 Å². The van der Waals surface area contributed by atoms with Gasteiger partial charge in [0.25, 0.3) is 0 Å². The fourth-order valence-corrected chi connectivity index (χ4v) is 1.29. The Bertz CT molecular complexity index is 137. The van der Waals surface area contributed by atoms with E-state index in [1.54, 1.807) is 7.11 Å². The van der Waals surface area contributed by atoms with Gasteiger partial charge in [-0.05, 0) is 6.42 Å². The first-order chi connectivity index (χ1) is 5.14. The Balaban J connectivity index is 2.61. The summed E-state index contributed by atoms with van der Waals surface area (Å²) in [6, 6.07) is 0. The predicted octanol–water partition coefficient (Wildman–Crippen LogP) is 0.766. The maximum atomic E-state index is 9.66. The minimum atomic E-state index is -0.488. The quantitative estimate of drug-likeness (QED) is 0.648. The van der Waals surface area contributed by atoms with Crippen LogP contribution in [0.3, 0.4) is 0 Å². The molecule has 0 aromatic carbocycles. The number of aliphatic hydroxyl groups excluding tert-OH is 1. The van der Waals surface area contributed by atoms with E-state index in [4.69, 9.17) is 9.47 Å². The molecule has 1 aliphatic rings. The number of methoxy groups -OCH3 is 1. The standard InChI is InChI=1S/C8H16O3/c1-4-8(2)5-11-7(10-3)6(8)9/h6-7,9H,4-5H2,1-3H3/t6-,7+,8+/m1/s1. The van der Waals surface area contributed by atoms with Gasteiger partial charge in [0.1, 0.15) is 6.10 Å². The average Bonchev–Trinajstić information content (AvgIpc) is 2.31. The highest BCUT2D eigenvalue weighted by Crippen LogP contribution is 2.35. The lowest BCUT2D eigenvalue weighted by atomic mass is 9.84. The molecule has 0 amide bonds. The Kier molecular flexibility index (Phi) is 2.52. The summed E-state index contributed by atoms with van der Waals surface area (Å²) in [6.07, 6.45) is -0.00829. The number of hydrogen-bond acceptors (Lipinski definition) is 3. The molecular weight excluding hydrogens is 144 g/mol. The third kappa shape index (κ3) is 1.41. The van der Waals surface area contributed by atoms with Crippen LogP contribution in [-0.4, -0.2) is 31.2 Å². The van der Waals surface area contributed by atoms with Crippen molar-refractivity contribution in [2.75, 3.05) is 13.7 Å². The molecule has 1 fully saturated rings. The Morgan fingerprint density at radius 1 is 1.73 bits per heavy atom. The summed E-state index contributed by atoms with van der Waals surface area (Å²) in [5.41, 5.74) is -0.124. The van der Waals surface area contributed by atoms with E-state index in [-0.39, 0.29) is 5.41 Å². The van der Waals surface area contributed by atoms with Crippen molar-refractivity contribution in [2.45, 2.75) is 32.7 Å². The molecule has 0 aromatic heterocycles. The second-order valence-electron chi connectivity index (χ2n) is 3.37. The SMILES string of the molecule is CC[C@@]1(C)CO[C@H](OC)[C@H]1O. The van der Waals surface area contributed by atoms with Crippen LogP contribution < -0.4 is 0 Å². The molecule has 11 heavy (non-hydrogen) atoms. The third-order valence-corrected chi connectivity index (χ3v) is 2.59. The summed E-state index contributed by atoms with van der Waals surface area (Å²) < 4.78 is 10.2. The van der Waals surface area contributed by atoms with Gasteiger partial charge in [-0.25, -0.2) is 0 Å². The minimum absolute atomic E-state index is 0.124. The smallest absolute Gasteiger partial charge is 0.183 e. The van der Waals surface area contributed by atoms with Crippen molar-refractivity contribution in [1.29, 1.82) is 0 Å². The molecule has 0 radical (unpaired) electrons. The predicted molar refractivity (Wildman–Crippen MR) is 41.2 cm³/mol. The van der Waals surface area contributed by atoms with Gasteiger partial charge in [-0.3, -0.25) is 0 Å². The summed E-state index contributed by atoms with van der Waals surface area (Å²) >= 11 is 0. The van der Waals surface area contributed by atoms with Gasteiger partial charge in [0.15, 0.2) is 6.29 Å². The molecule has 66 valence electrons. The van der Waals surface area contributed by atoms with Crippen molar-refractivity contribution in [1.82, 2.24) is 0 Å². The molecule has 1 N–H and O–H groups in total. The number of ether oxygens (including phenoxy) is 2. The number of rotatable bonds is 2. The first kappa shape index (κ1) is 8.97. The normalized spacial score (nSPS) is 44.7. The van der Waals surface area contributed by atoms with E-state index in [9.17, 15) is 5.11 Å². The Labute approximate surface area is 67.3 Å². The molecule has 1 rings (SSSR count). The first-order valence-corrected chi connectivity index (χ1v) is 3.96. The fraction of sp³-hybridized carbons (Fsp3) is 1.00. The van der Waals surface area contributed by atoms with Gasteiger partial charge >= 0.3 is 0 Å². The monoisotopic (exact) mass is 160 g/mol. The maximum absolute atomic E-state index is 9.66. The van der Waals surface area contributed by atoms with E-state index in [1.807, 2.05) is 13.8 Å². The fourth-order valence-electron chi connectivity index (χ4n) is 1.29. The van der Waals surface area contributed by atoms with Gasteiger partial charge in [-0.1, -0.05) is 13.8 Å². The van der Waals surface area contributed by atoms with Crippen molar-refractivity contribution in [3.8, 4) is 0 Å².